The zero-order valence-electron chi connectivity index (χ0n) is 11.8. The Balaban J connectivity index is 1.74. The van der Waals surface area contributed by atoms with Gasteiger partial charge in [0.2, 0.25) is 11.8 Å². The second-order valence-corrected chi connectivity index (χ2v) is 5.14. The highest BCUT2D eigenvalue weighted by Crippen LogP contribution is 2.28. The lowest BCUT2D eigenvalue weighted by Gasteiger charge is -2.17. The van der Waals surface area contributed by atoms with Crippen molar-refractivity contribution in [3.63, 3.8) is 0 Å². The third-order valence-electron chi connectivity index (χ3n) is 3.71. The highest BCUT2D eigenvalue weighted by molar-refractivity contribution is 6.13. The highest BCUT2D eigenvalue weighted by atomic mass is 19.1. The summed E-state index contributed by atoms with van der Waals surface area (Å²) in [6, 6.07) is 15.1. The molecule has 2 aromatic rings. The second kappa shape index (κ2) is 5.97. The zero-order chi connectivity index (χ0) is 15.5. The van der Waals surface area contributed by atoms with Crippen LogP contribution >= 0.6 is 0 Å². The molecule has 0 unspecified atom stereocenters. The molecule has 5 heteroatoms. The molecule has 0 aliphatic carbocycles. The molecule has 0 aromatic heterocycles. The fraction of sp³-hybridized carbons (Fsp3) is 0.176. The zero-order valence-corrected chi connectivity index (χ0v) is 11.8. The Bertz CT molecular complexity index is 703. The van der Waals surface area contributed by atoms with Gasteiger partial charge in [-0.25, -0.2) is 4.39 Å². The van der Waals surface area contributed by atoms with Crippen LogP contribution in [0.1, 0.15) is 6.42 Å². The molecule has 112 valence electrons. The van der Waals surface area contributed by atoms with Crippen LogP contribution in [0, 0.1) is 11.7 Å². The fourth-order valence-electron chi connectivity index (χ4n) is 2.58. The molecule has 0 radical (unpaired) electrons. The lowest BCUT2D eigenvalue weighted by Crippen LogP contribution is -2.33. The Morgan fingerprint density at radius 1 is 1.09 bits per heavy atom. The number of hydrogen-bond donors (Lipinski definition) is 1. The summed E-state index contributed by atoms with van der Waals surface area (Å²) in [6.07, 6.45) is 0.381. The molecule has 1 atom stereocenters. The van der Waals surface area contributed by atoms with Gasteiger partial charge in [0, 0.05) is 12.2 Å². The van der Waals surface area contributed by atoms with E-state index in [2.05, 4.69) is 5.32 Å². The predicted octanol–water partition coefficient (Wildman–Crippen LogP) is 2.82. The highest BCUT2D eigenvalue weighted by Gasteiger charge is 2.38. The Morgan fingerprint density at radius 2 is 1.77 bits per heavy atom. The molecule has 22 heavy (non-hydrogen) atoms. The lowest BCUT2D eigenvalue weighted by molar-refractivity contribution is -0.129. The summed E-state index contributed by atoms with van der Waals surface area (Å²) < 4.78 is 13.8. The normalized spacial score (nSPS) is 17.6. The first-order chi connectivity index (χ1) is 10.7. The fourth-order valence-corrected chi connectivity index (χ4v) is 2.58. The van der Waals surface area contributed by atoms with Gasteiger partial charge in [-0.3, -0.25) is 9.59 Å². The third-order valence-corrected chi connectivity index (χ3v) is 3.71. The van der Waals surface area contributed by atoms with Crippen molar-refractivity contribution in [2.24, 2.45) is 5.92 Å². The van der Waals surface area contributed by atoms with Gasteiger partial charge in [-0.05, 0) is 30.7 Å². The quantitative estimate of drug-likeness (QED) is 0.886. The molecule has 1 heterocycles. The minimum atomic E-state index is -0.778. The smallest absolute Gasteiger partial charge is 0.239 e. The Kier molecular flexibility index (Phi) is 3.87. The Labute approximate surface area is 127 Å². The standard InChI is InChI=1S/C17H15FN2O2/c18-14-8-4-5-9-15(14)20-11-10-13(17(20)22)16(21)19-12-6-2-1-3-7-12/h1-9,13H,10-11H2,(H,19,21)/t13-/m0/s1. The number of carbonyl (C=O) groups is 2. The molecular weight excluding hydrogens is 283 g/mol. The summed E-state index contributed by atoms with van der Waals surface area (Å²) >= 11 is 0. The van der Waals surface area contributed by atoms with Gasteiger partial charge in [-0.2, -0.15) is 0 Å². The molecule has 1 aliphatic heterocycles. The van der Waals surface area contributed by atoms with E-state index in [0.29, 0.717) is 18.7 Å². The molecule has 1 aliphatic rings. The SMILES string of the molecule is O=C(Nc1ccccc1)[C@@H]1CCN(c2ccccc2F)C1=O. The topological polar surface area (TPSA) is 49.4 Å². The summed E-state index contributed by atoms with van der Waals surface area (Å²) in [5.41, 5.74) is 0.868. The summed E-state index contributed by atoms with van der Waals surface area (Å²) in [4.78, 5) is 26.0. The van der Waals surface area contributed by atoms with E-state index >= 15 is 0 Å². The van der Waals surface area contributed by atoms with Crippen molar-refractivity contribution in [1.29, 1.82) is 0 Å². The van der Waals surface area contributed by atoms with Crippen molar-refractivity contribution < 1.29 is 14.0 Å². The van der Waals surface area contributed by atoms with Crippen LogP contribution in [0.5, 0.6) is 0 Å². The van der Waals surface area contributed by atoms with E-state index in [1.807, 2.05) is 6.07 Å². The number of carbonyl (C=O) groups excluding carboxylic acids is 2. The van der Waals surface area contributed by atoms with Crippen molar-refractivity contribution in [2.45, 2.75) is 6.42 Å². The van der Waals surface area contributed by atoms with Crippen LogP contribution in [-0.2, 0) is 9.59 Å². The van der Waals surface area contributed by atoms with Gasteiger partial charge >= 0.3 is 0 Å². The number of nitrogens with one attached hydrogen (secondary N) is 1. The summed E-state index contributed by atoms with van der Waals surface area (Å²) in [5, 5.41) is 2.72. The van der Waals surface area contributed by atoms with Crippen LogP contribution in [0.2, 0.25) is 0 Å². The summed E-state index contributed by atoms with van der Waals surface area (Å²) in [5.74, 6) is -1.95. The number of anilines is 2. The molecule has 4 nitrogen and oxygen atoms in total. The number of halogens is 1. The van der Waals surface area contributed by atoms with Crippen molar-refractivity contribution in [3.8, 4) is 0 Å². The van der Waals surface area contributed by atoms with Crippen molar-refractivity contribution in [1.82, 2.24) is 0 Å². The number of para-hydroxylation sites is 2. The van der Waals surface area contributed by atoms with Crippen LogP contribution in [0.15, 0.2) is 54.6 Å². The van der Waals surface area contributed by atoms with E-state index in [-0.39, 0.29) is 17.5 Å². The van der Waals surface area contributed by atoms with E-state index in [0.717, 1.165) is 0 Å². The van der Waals surface area contributed by atoms with Gasteiger partial charge in [-0.1, -0.05) is 30.3 Å². The van der Waals surface area contributed by atoms with E-state index in [1.54, 1.807) is 42.5 Å². The maximum absolute atomic E-state index is 13.8. The number of amides is 2. The van der Waals surface area contributed by atoms with Crippen LogP contribution in [0.25, 0.3) is 0 Å². The lowest BCUT2D eigenvalue weighted by atomic mass is 10.1. The van der Waals surface area contributed by atoms with Crippen molar-refractivity contribution in [2.75, 3.05) is 16.8 Å². The number of nitrogens with zero attached hydrogens (tertiary/aromatic N) is 1. The summed E-state index contributed by atoms with van der Waals surface area (Å²) in [7, 11) is 0. The van der Waals surface area contributed by atoms with Gasteiger partial charge < -0.3 is 10.2 Å². The first-order valence-electron chi connectivity index (χ1n) is 7.08. The maximum Gasteiger partial charge on any atom is 0.239 e. The Morgan fingerprint density at radius 3 is 2.50 bits per heavy atom. The molecule has 1 N–H and O–H groups in total. The minimum absolute atomic E-state index is 0.225. The van der Waals surface area contributed by atoms with E-state index in [1.165, 1.54) is 11.0 Å². The van der Waals surface area contributed by atoms with Crippen LogP contribution in [0.4, 0.5) is 15.8 Å². The number of hydrogen-bond acceptors (Lipinski definition) is 2. The van der Waals surface area contributed by atoms with E-state index < -0.39 is 11.7 Å². The molecular formula is C17H15FN2O2. The average Bonchev–Trinajstić information content (AvgIpc) is 2.90. The second-order valence-electron chi connectivity index (χ2n) is 5.14. The van der Waals surface area contributed by atoms with Gasteiger partial charge in [0.05, 0.1) is 5.69 Å². The van der Waals surface area contributed by atoms with Gasteiger partial charge in [-0.15, -0.1) is 0 Å². The molecule has 3 rings (SSSR count). The molecule has 2 amide bonds. The number of rotatable bonds is 3. The predicted molar refractivity (Wildman–Crippen MR) is 81.9 cm³/mol. The van der Waals surface area contributed by atoms with Gasteiger partial charge in [0.25, 0.3) is 0 Å². The molecule has 0 spiro atoms. The molecule has 0 saturated carbocycles. The van der Waals surface area contributed by atoms with Crippen molar-refractivity contribution in [3.05, 3.63) is 60.4 Å². The van der Waals surface area contributed by atoms with Crippen LogP contribution in [0.3, 0.4) is 0 Å². The molecule has 1 fully saturated rings. The minimum Gasteiger partial charge on any atom is -0.325 e. The van der Waals surface area contributed by atoms with Crippen LogP contribution in [-0.4, -0.2) is 18.4 Å². The largest absolute Gasteiger partial charge is 0.325 e. The van der Waals surface area contributed by atoms with Gasteiger partial charge in [0.15, 0.2) is 0 Å². The van der Waals surface area contributed by atoms with Gasteiger partial charge in [0.1, 0.15) is 11.7 Å². The maximum atomic E-state index is 13.8. The van der Waals surface area contributed by atoms with E-state index in [4.69, 9.17) is 0 Å². The summed E-state index contributed by atoms with van der Waals surface area (Å²) in [6.45, 7) is 0.340. The first kappa shape index (κ1) is 14.3. The van der Waals surface area contributed by atoms with E-state index in [9.17, 15) is 14.0 Å². The monoisotopic (exact) mass is 298 g/mol. The molecule has 1 saturated heterocycles. The first-order valence-corrected chi connectivity index (χ1v) is 7.08. The number of benzene rings is 2. The molecule has 2 aromatic carbocycles. The molecule has 0 bridgehead atoms. The average molecular weight is 298 g/mol. The van der Waals surface area contributed by atoms with Crippen LogP contribution < -0.4 is 10.2 Å². The van der Waals surface area contributed by atoms with Crippen molar-refractivity contribution >= 4 is 23.2 Å². The Hall–Kier alpha value is -2.69. The third kappa shape index (κ3) is 2.70.